The SMILES string of the molecule is Cc1cc(OCc2cccc3c2cnn3-c2ccc(C(F)(F)F)cc2)ccc1OC(C)(C)C(=O)O. The molecule has 4 aromatic rings. The zero-order chi connectivity index (χ0) is 25.4. The number of ether oxygens (including phenoxy) is 2. The molecule has 9 heteroatoms. The Kier molecular flexibility index (Phi) is 6.19. The molecule has 0 spiro atoms. The summed E-state index contributed by atoms with van der Waals surface area (Å²) in [6, 6.07) is 15.5. The van der Waals surface area contributed by atoms with Crippen LogP contribution >= 0.6 is 0 Å². The van der Waals surface area contributed by atoms with Crippen molar-refractivity contribution in [3.05, 3.63) is 83.6 Å². The van der Waals surface area contributed by atoms with Gasteiger partial charge in [-0.1, -0.05) is 12.1 Å². The van der Waals surface area contributed by atoms with Crippen molar-refractivity contribution >= 4 is 16.9 Å². The van der Waals surface area contributed by atoms with E-state index in [1.54, 1.807) is 36.0 Å². The lowest BCUT2D eigenvalue weighted by molar-refractivity contribution is -0.152. The second-order valence-corrected chi connectivity index (χ2v) is 8.58. The highest BCUT2D eigenvalue weighted by Gasteiger charge is 2.30. The summed E-state index contributed by atoms with van der Waals surface area (Å²) in [5.41, 5.74) is 0.750. The molecule has 0 saturated heterocycles. The lowest BCUT2D eigenvalue weighted by atomic mass is 10.1. The van der Waals surface area contributed by atoms with Crippen molar-refractivity contribution < 1.29 is 32.5 Å². The Hall–Kier alpha value is -4.01. The number of fused-ring (bicyclic) bond motifs is 1. The Balaban J connectivity index is 1.53. The number of rotatable bonds is 7. The third kappa shape index (κ3) is 5.08. The topological polar surface area (TPSA) is 73.6 Å². The Bertz CT molecular complexity index is 1380. The van der Waals surface area contributed by atoms with Crippen molar-refractivity contribution in [3.8, 4) is 17.2 Å². The quantitative estimate of drug-likeness (QED) is 0.339. The molecule has 0 aliphatic rings. The highest BCUT2D eigenvalue weighted by Crippen LogP contribution is 2.31. The van der Waals surface area contributed by atoms with E-state index in [-0.39, 0.29) is 6.61 Å². The second-order valence-electron chi connectivity index (χ2n) is 8.58. The molecule has 0 fully saturated rings. The molecule has 0 atom stereocenters. The van der Waals surface area contributed by atoms with Crippen LogP contribution in [0.15, 0.2) is 66.9 Å². The molecule has 3 aromatic carbocycles. The molecular weight excluding hydrogens is 461 g/mol. The number of aromatic nitrogens is 2. The highest BCUT2D eigenvalue weighted by atomic mass is 19.4. The van der Waals surface area contributed by atoms with Crippen molar-refractivity contribution in [2.45, 2.75) is 39.2 Å². The summed E-state index contributed by atoms with van der Waals surface area (Å²) in [6.07, 6.45) is -2.74. The average Bonchev–Trinajstić information content (AvgIpc) is 3.23. The summed E-state index contributed by atoms with van der Waals surface area (Å²) in [7, 11) is 0. The number of benzene rings is 3. The summed E-state index contributed by atoms with van der Waals surface area (Å²) in [4.78, 5) is 11.3. The van der Waals surface area contributed by atoms with Crippen molar-refractivity contribution in [1.29, 1.82) is 0 Å². The van der Waals surface area contributed by atoms with E-state index in [1.807, 2.05) is 18.2 Å². The van der Waals surface area contributed by atoms with Gasteiger partial charge in [0.25, 0.3) is 0 Å². The fourth-order valence-electron chi connectivity index (χ4n) is 3.54. The fraction of sp³-hybridized carbons (Fsp3) is 0.231. The number of carboxylic acids is 1. The first kappa shape index (κ1) is 24.1. The molecule has 0 aliphatic carbocycles. The minimum Gasteiger partial charge on any atom is -0.489 e. The normalized spacial score (nSPS) is 12.1. The van der Waals surface area contributed by atoms with Crippen LogP contribution in [0.4, 0.5) is 13.2 Å². The van der Waals surface area contributed by atoms with E-state index in [0.717, 1.165) is 34.2 Å². The monoisotopic (exact) mass is 484 g/mol. The molecule has 1 aromatic heterocycles. The van der Waals surface area contributed by atoms with Gasteiger partial charge in [0.1, 0.15) is 18.1 Å². The smallest absolute Gasteiger partial charge is 0.416 e. The summed E-state index contributed by atoms with van der Waals surface area (Å²) < 4.78 is 51.8. The van der Waals surface area contributed by atoms with E-state index in [0.29, 0.717) is 17.2 Å². The Morgan fingerprint density at radius 1 is 1.06 bits per heavy atom. The first-order valence-electron chi connectivity index (χ1n) is 10.7. The van der Waals surface area contributed by atoms with Gasteiger partial charge >= 0.3 is 12.1 Å². The first-order valence-corrected chi connectivity index (χ1v) is 10.7. The van der Waals surface area contributed by atoms with Crippen LogP contribution in [0.5, 0.6) is 11.5 Å². The molecule has 6 nitrogen and oxygen atoms in total. The maximum Gasteiger partial charge on any atom is 0.416 e. The minimum atomic E-state index is -4.40. The van der Waals surface area contributed by atoms with Gasteiger partial charge in [-0.05, 0) is 74.9 Å². The van der Waals surface area contributed by atoms with E-state index >= 15 is 0 Å². The van der Waals surface area contributed by atoms with Crippen LogP contribution in [-0.4, -0.2) is 26.5 Å². The van der Waals surface area contributed by atoms with Gasteiger partial charge in [0.15, 0.2) is 5.60 Å². The lowest BCUT2D eigenvalue weighted by Crippen LogP contribution is -2.38. The van der Waals surface area contributed by atoms with Crippen molar-refractivity contribution in [2.24, 2.45) is 0 Å². The molecule has 0 unspecified atom stereocenters. The number of hydrogen-bond acceptors (Lipinski definition) is 4. The van der Waals surface area contributed by atoms with Gasteiger partial charge in [0.2, 0.25) is 0 Å². The zero-order valence-electron chi connectivity index (χ0n) is 19.3. The molecule has 0 radical (unpaired) electrons. The Morgan fingerprint density at radius 2 is 1.77 bits per heavy atom. The largest absolute Gasteiger partial charge is 0.489 e. The van der Waals surface area contributed by atoms with E-state index in [1.165, 1.54) is 26.0 Å². The lowest BCUT2D eigenvalue weighted by Gasteiger charge is -2.23. The molecular formula is C26H23F3N2O4. The van der Waals surface area contributed by atoms with Gasteiger partial charge < -0.3 is 14.6 Å². The number of hydrogen-bond donors (Lipinski definition) is 1. The molecule has 35 heavy (non-hydrogen) atoms. The van der Waals surface area contributed by atoms with Crippen molar-refractivity contribution in [3.63, 3.8) is 0 Å². The maximum absolute atomic E-state index is 12.9. The van der Waals surface area contributed by atoms with Gasteiger partial charge in [-0.15, -0.1) is 0 Å². The molecule has 1 heterocycles. The summed E-state index contributed by atoms with van der Waals surface area (Å²) >= 11 is 0. The predicted octanol–water partition coefficient (Wildman–Crippen LogP) is 6.17. The standard InChI is InChI=1S/C26H23F3N2O4/c1-16-13-20(11-12-23(16)35-25(2,3)24(32)33)34-15-17-5-4-6-22-21(17)14-30-31(22)19-9-7-18(8-10-19)26(27,28)29/h4-14H,15H2,1-3H3,(H,32,33). The van der Waals surface area contributed by atoms with Gasteiger partial charge in [-0.3, -0.25) is 0 Å². The van der Waals surface area contributed by atoms with Gasteiger partial charge in [-0.25, -0.2) is 9.48 Å². The van der Waals surface area contributed by atoms with Gasteiger partial charge in [-0.2, -0.15) is 18.3 Å². The molecule has 0 aliphatic heterocycles. The van der Waals surface area contributed by atoms with Crippen LogP contribution in [-0.2, 0) is 17.6 Å². The molecule has 0 bridgehead atoms. The first-order chi connectivity index (χ1) is 16.5. The van der Waals surface area contributed by atoms with Gasteiger partial charge in [0.05, 0.1) is 23.0 Å². The fourth-order valence-corrected chi connectivity index (χ4v) is 3.54. The van der Waals surface area contributed by atoms with Crippen LogP contribution in [0, 0.1) is 6.92 Å². The van der Waals surface area contributed by atoms with E-state index in [9.17, 15) is 23.1 Å². The minimum absolute atomic E-state index is 0.232. The van der Waals surface area contributed by atoms with Crippen molar-refractivity contribution in [1.82, 2.24) is 9.78 Å². The van der Waals surface area contributed by atoms with E-state index in [4.69, 9.17) is 9.47 Å². The van der Waals surface area contributed by atoms with E-state index < -0.39 is 23.3 Å². The highest BCUT2D eigenvalue weighted by molar-refractivity contribution is 5.83. The van der Waals surface area contributed by atoms with Crippen molar-refractivity contribution in [2.75, 3.05) is 0 Å². The van der Waals surface area contributed by atoms with E-state index in [2.05, 4.69) is 5.10 Å². The number of aryl methyl sites for hydroxylation is 1. The number of aliphatic carboxylic acids is 1. The van der Waals surface area contributed by atoms with Crippen LogP contribution in [0.3, 0.4) is 0 Å². The molecule has 4 rings (SSSR count). The molecule has 0 saturated carbocycles. The van der Waals surface area contributed by atoms with Crippen LogP contribution in [0.2, 0.25) is 0 Å². The zero-order valence-corrected chi connectivity index (χ0v) is 19.3. The predicted molar refractivity (Wildman–Crippen MR) is 124 cm³/mol. The molecule has 182 valence electrons. The Labute approximate surface area is 199 Å². The number of carboxylic acid groups (broad SMARTS) is 1. The van der Waals surface area contributed by atoms with Crippen LogP contribution < -0.4 is 9.47 Å². The summed E-state index contributed by atoms with van der Waals surface area (Å²) in [6.45, 7) is 4.99. The van der Waals surface area contributed by atoms with Crippen LogP contribution in [0.25, 0.3) is 16.6 Å². The molecule has 1 N–H and O–H groups in total. The third-order valence-electron chi connectivity index (χ3n) is 5.56. The number of nitrogens with zero attached hydrogens (tertiary/aromatic N) is 2. The number of halogens is 3. The number of alkyl halides is 3. The third-order valence-corrected chi connectivity index (χ3v) is 5.56. The molecule has 0 amide bonds. The van der Waals surface area contributed by atoms with Gasteiger partial charge in [0, 0.05) is 10.9 Å². The van der Waals surface area contributed by atoms with Crippen LogP contribution in [0.1, 0.15) is 30.5 Å². The summed E-state index contributed by atoms with van der Waals surface area (Å²) in [5, 5.41) is 14.4. The Morgan fingerprint density at radius 3 is 2.40 bits per heavy atom. The maximum atomic E-state index is 12.9. The second kappa shape index (κ2) is 8.98. The average molecular weight is 484 g/mol. The number of carbonyl (C=O) groups is 1. The summed E-state index contributed by atoms with van der Waals surface area (Å²) in [5.74, 6) is -0.0399.